The number of amides is 2. The number of benzene rings is 3. The van der Waals surface area contributed by atoms with E-state index in [0.29, 0.717) is 35.5 Å². The molecule has 0 unspecified atom stereocenters. The third kappa shape index (κ3) is 6.07. The maximum atomic E-state index is 13.3. The number of rotatable bonds is 8. The van der Waals surface area contributed by atoms with E-state index in [1.165, 1.54) is 7.11 Å². The summed E-state index contributed by atoms with van der Waals surface area (Å²) in [6.07, 6.45) is 5.98. The number of anilines is 1. The van der Waals surface area contributed by atoms with Crippen molar-refractivity contribution < 1.29 is 24.2 Å². The zero-order valence-corrected chi connectivity index (χ0v) is 19.8. The Morgan fingerprint density at radius 2 is 1.69 bits per heavy atom. The molecule has 0 aliphatic heterocycles. The van der Waals surface area contributed by atoms with Crippen molar-refractivity contribution in [3.8, 4) is 0 Å². The number of aliphatic carboxylic acids is 1. The van der Waals surface area contributed by atoms with Gasteiger partial charge in [0, 0.05) is 17.7 Å². The molecule has 3 aromatic rings. The average molecular weight is 483 g/mol. The van der Waals surface area contributed by atoms with E-state index in [0.717, 1.165) is 16.3 Å². The molecule has 0 bridgehead atoms. The van der Waals surface area contributed by atoms with Gasteiger partial charge in [-0.1, -0.05) is 48.5 Å². The number of hydrogen-bond donors (Lipinski definition) is 3. The fraction of sp³-hybridized carbons (Fsp3) is 0.138. The summed E-state index contributed by atoms with van der Waals surface area (Å²) in [6.45, 7) is 0. The number of ether oxygens (including phenoxy) is 1. The summed E-state index contributed by atoms with van der Waals surface area (Å²) in [6, 6.07) is 20.3. The van der Waals surface area contributed by atoms with E-state index >= 15 is 0 Å². The lowest BCUT2D eigenvalue weighted by Crippen LogP contribution is -2.28. The molecule has 0 radical (unpaired) electrons. The minimum absolute atomic E-state index is 0.00175. The molecule has 3 N–H and O–H groups in total. The van der Waals surface area contributed by atoms with Crippen molar-refractivity contribution in [1.29, 1.82) is 0 Å². The standard InChI is InChI=1S/C29H26N2O5/c1-36-24-10-5-11-26(31-28(34)22-14-13-20-7-2-3-8-21(20)17-22)25(18-24)29(35)30-23-9-4-6-19(16-23)12-15-27(32)33/h2-4,6-11,13-14,16-18H,5,12,15H2,1H3,(H,30,35)(H,31,34)(H,32,33). The van der Waals surface area contributed by atoms with E-state index in [1.807, 2.05) is 48.5 Å². The topological polar surface area (TPSA) is 105 Å². The highest BCUT2D eigenvalue weighted by molar-refractivity contribution is 6.09. The molecule has 0 fully saturated rings. The number of fused-ring (bicyclic) bond motifs is 1. The number of carboxylic acid groups (broad SMARTS) is 1. The third-order valence-electron chi connectivity index (χ3n) is 5.77. The summed E-state index contributed by atoms with van der Waals surface area (Å²) in [5, 5.41) is 16.6. The Morgan fingerprint density at radius 3 is 2.47 bits per heavy atom. The van der Waals surface area contributed by atoms with E-state index in [9.17, 15) is 14.4 Å². The van der Waals surface area contributed by atoms with Gasteiger partial charge >= 0.3 is 5.97 Å². The van der Waals surface area contributed by atoms with E-state index in [-0.39, 0.29) is 17.9 Å². The molecule has 36 heavy (non-hydrogen) atoms. The summed E-state index contributed by atoms with van der Waals surface area (Å²) >= 11 is 0. The van der Waals surface area contributed by atoms with Crippen molar-refractivity contribution in [2.45, 2.75) is 19.3 Å². The predicted molar refractivity (Wildman–Crippen MR) is 138 cm³/mol. The smallest absolute Gasteiger partial charge is 0.303 e. The Labute approximate surface area is 208 Å². The number of carboxylic acids is 1. The highest BCUT2D eigenvalue weighted by Crippen LogP contribution is 2.22. The maximum absolute atomic E-state index is 13.3. The molecule has 7 nitrogen and oxygen atoms in total. The number of carbonyl (C=O) groups is 3. The van der Waals surface area contributed by atoms with Gasteiger partial charge in [0.25, 0.3) is 11.8 Å². The minimum Gasteiger partial charge on any atom is -0.497 e. The second-order valence-corrected chi connectivity index (χ2v) is 8.29. The van der Waals surface area contributed by atoms with E-state index in [4.69, 9.17) is 9.84 Å². The highest BCUT2D eigenvalue weighted by Gasteiger charge is 2.20. The van der Waals surface area contributed by atoms with Gasteiger partial charge in [0.05, 0.1) is 18.4 Å². The van der Waals surface area contributed by atoms with Crippen LogP contribution in [0.5, 0.6) is 0 Å². The number of allylic oxidation sites excluding steroid dienone is 3. The predicted octanol–water partition coefficient (Wildman–Crippen LogP) is 4.97. The summed E-state index contributed by atoms with van der Waals surface area (Å²) in [5.41, 5.74) is 2.41. The quantitative estimate of drug-likeness (QED) is 0.421. The van der Waals surface area contributed by atoms with Gasteiger partial charge < -0.3 is 20.5 Å². The lowest BCUT2D eigenvalue weighted by atomic mass is 10.1. The first-order chi connectivity index (χ1) is 17.4. The lowest BCUT2D eigenvalue weighted by Gasteiger charge is -2.15. The van der Waals surface area contributed by atoms with Gasteiger partial charge in [-0.3, -0.25) is 14.4 Å². The van der Waals surface area contributed by atoms with Gasteiger partial charge in [0.2, 0.25) is 0 Å². The van der Waals surface area contributed by atoms with Crippen LogP contribution in [0.2, 0.25) is 0 Å². The number of methoxy groups -OCH3 is 1. The number of carbonyl (C=O) groups excluding carboxylic acids is 2. The van der Waals surface area contributed by atoms with Crippen LogP contribution in [-0.4, -0.2) is 30.0 Å². The number of hydrogen-bond acceptors (Lipinski definition) is 4. The molecule has 1 aliphatic carbocycles. The molecule has 0 spiro atoms. The van der Waals surface area contributed by atoms with Crippen LogP contribution in [0.1, 0.15) is 28.8 Å². The van der Waals surface area contributed by atoms with E-state index in [1.54, 1.807) is 36.4 Å². The monoisotopic (exact) mass is 482 g/mol. The van der Waals surface area contributed by atoms with Gasteiger partial charge in [0.1, 0.15) is 5.76 Å². The van der Waals surface area contributed by atoms with Crippen LogP contribution >= 0.6 is 0 Å². The van der Waals surface area contributed by atoms with E-state index in [2.05, 4.69) is 10.6 Å². The molecule has 0 aromatic heterocycles. The van der Waals surface area contributed by atoms with Crippen LogP contribution in [-0.2, 0) is 20.7 Å². The zero-order chi connectivity index (χ0) is 25.5. The van der Waals surface area contributed by atoms with Gasteiger partial charge in [-0.05, 0) is 65.6 Å². The van der Waals surface area contributed by atoms with Crippen molar-refractivity contribution in [3.05, 3.63) is 113 Å². The SMILES string of the molecule is COC1=CCC=C(NC(=O)c2ccc3ccccc3c2)C(C(=O)Nc2cccc(CCC(=O)O)c2)=C1. The van der Waals surface area contributed by atoms with Crippen LogP contribution < -0.4 is 10.6 Å². The molecular weight excluding hydrogens is 456 g/mol. The maximum Gasteiger partial charge on any atom is 0.303 e. The third-order valence-corrected chi connectivity index (χ3v) is 5.77. The first-order valence-electron chi connectivity index (χ1n) is 11.5. The molecule has 4 rings (SSSR count). The molecule has 3 aromatic carbocycles. The van der Waals surface area contributed by atoms with Crippen LogP contribution in [0.4, 0.5) is 5.69 Å². The average Bonchev–Trinajstić information content (AvgIpc) is 3.09. The van der Waals surface area contributed by atoms with Crippen molar-refractivity contribution in [1.82, 2.24) is 5.32 Å². The van der Waals surface area contributed by atoms with Crippen LogP contribution in [0.3, 0.4) is 0 Å². The summed E-state index contributed by atoms with van der Waals surface area (Å²) in [5.74, 6) is -1.15. The Hall–Kier alpha value is -4.65. The number of nitrogens with one attached hydrogen (secondary N) is 2. The Kier molecular flexibility index (Phi) is 7.60. The lowest BCUT2D eigenvalue weighted by molar-refractivity contribution is -0.137. The van der Waals surface area contributed by atoms with Crippen LogP contribution in [0, 0.1) is 0 Å². The molecule has 7 heteroatoms. The van der Waals surface area contributed by atoms with Crippen molar-refractivity contribution >= 4 is 34.2 Å². The Morgan fingerprint density at radius 1 is 0.889 bits per heavy atom. The zero-order valence-electron chi connectivity index (χ0n) is 19.8. The first-order valence-corrected chi connectivity index (χ1v) is 11.5. The van der Waals surface area contributed by atoms with Gasteiger partial charge in [-0.2, -0.15) is 0 Å². The Balaban J connectivity index is 1.55. The van der Waals surface area contributed by atoms with Gasteiger partial charge in [0.15, 0.2) is 0 Å². The van der Waals surface area contributed by atoms with Crippen molar-refractivity contribution in [2.75, 3.05) is 12.4 Å². The molecule has 0 saturated heterocycles. The molecule has 0 atom stereocenters. The fourth-order valence-corrected chi connectivity index (χ4v) is 3.91. The van der Waals surface area contributed by atoms with Crippen molar-refractivity contribution in [2.24, 2.45) is 0 Å². The minimum atomic E-state index is -0.885. The van der Waals surface area contributed by atoms with Crippen LogP contribution in [0.15, 0.2) is 102 Å². The summed E-state index contributed by atoms with van der Waals surface area (Å²) in [7, 11) is 1.52. The first kappa shape index (κ1) is 24.5. The second-order valence-electron chi connectivity index (χ2n) is 8.29. The summed E-state index contributed by atoms with van der Waals surface area (Å²) in [4.78, 5) is 37.3. The normalized spacial score (nSPS) is 13.1. The van der Waals surface area contributed by atoms with E-state index < -0.39 is 11.9 Å². The Bertz CT molecular complexity index is 1420. The second kappa shape index (κ2) is 11.2. The molecule has 0 heterocycles. The fourth-order valence-electron chi connectivity index (χ4n) is 3.91. The van der Waals surface area contributed by atoms with Crippen molar-refractivity contribution in [3.63, 3.8) is 0 Å². The largest absolute Gasteiger partial charge is 0.497 e. The number of aryl methyl sites for hydroxylation is 1. The molecule has 182 valence electrons. The molecule has 2 amide bonds. The summed E-state index contributed by atoms with van der Waals surface area (Å²) < 4.78 is 5.36. The highest BCUT2D eigenvalue weighted by atomic mass is 16.5. The van der Waals surface area contributed by atoms with Gasteiger partial charge in [-0.15, -0.1) is 0 Å². The molecular formula is C29H26N2O5. The van der Waals surface area contributed by atoms with Gasteiger partial charge in [-0.25, -0.2) is 0 Å². The molecule has 1 aliphatic rings. The van der Waals surface area contributed by atoms with Crippen LogP contribution in [0.25, 0.3) is 10.8 Å². The molecule has 0 saturated carbocycles.